The molecule has 1 unspecified atom stereocenters. The Labute approximate surface area is 144 Å². The van der Waals surface area contributed by atoms with Gasteiger partial charge in [0.15, 0.2) is 0 Å². The lowest BCUT2D eigenvalue weighted by Gasteiger charge is -2.12. The maximum atomic E-state index is 13.3. The SMILES string of the molecule is Cc1cc(CC(O)CNCc2ccc3ccc(=O)[nH]c3n2)ccc1F. The van der Waals surface area contributed by atoms with Crippen molar-refractivity contribution in [3.63, 3.8) is 0 Å². The molecular formula is C19H20FN3O2. The smallest absolute Gasteiger partial charge is 0.249 e. The number of hydrogen-bond donors (Lipinski definition) is 3. The molecule has 0 saturated carbocycles. The van der Waals surface area contributed by atoms with Gasteiger partial charge in [-0.05, 0) is 48.7 Å². The van der Waals surface area contributed by atoms with Gasteiger partial charge in [0.25, 0.3) is 0 Å². The van der Waals surface area contributed by atoms with Gasteiger partial charge in [-0.1, -0.05) is 12.1 Å². The summed E-state index contributed by atoms with van der Waals surface area (Å²) >= 11 is 0. The number of aryl methyl sites for hydroxylation is 1. The Balaban J connectivity index is 1.55. The Morgan fingerprint density at radius 3 is 2.84 bits per heavy atom. The van der Waals surface area contributed by atoms with E-state index in [1.54, 1.807) is 25.1 Å². The minimum atomic E-state index is -0.579. The van der Waals surface area contributed by atoms with Crippen molar-refractivity contribution < 1.29 is 9.50 Å². The van der Waals surface area contributed by atoms with Crippen molar-refractivity contribution in [3.05, 3.63) is 75.5 Å². The molecule has 6 heteroatoms. The van der Waals surface area contributed by atoms with E-state index in [1.165, 1.54) is 12.1 Å². The van der Waals surface area contributed by atoms with Gasteiger partial charge in [0.2, 0.25) is 5.56 Å². The number of aliphatic hydroxyl groups is 1. The van der Waals surface area contributed by atoms with E-state index in [-0.39, 0.29) is 11.4 Å². The van der Waals surface area contributed by atoms with Crippen LogP contribution in [0.25, 0.3) is 11.0 Å². The summed E-state index contributed by atoms with van der Waals surface area (Å²) in [5, 5.41) is 14.1. The number of nitrogens with zero attached hydrogens (tertiary/aromatic N) is 1. The first-order valence-electron chi connectivity index (χ1n) is 8.14. The summed E-state index contributed by atoms with van der Waals surface area (Å²) in [4.78, 5) is 18.4. The maximum absolute atomic E-state index is 13.3. The standard InChI is InChI=1S/C19H20FN3O2/c1-12-8-13(2-6-17(12)20)9-16(24)11-21-10-15-5-3-14-4-7-18(25)23-19(14)22-15/h2-8,16,21,24H,9-11H2,1H3,(H,22,23,25). The van der Waals surface area contributed by atoms with E-state index in [0.717, 1.165) is 16.6 Å². The molecule has 0 aliphatic carbocycles. The molecule has 0 aliphatic heterocycles. The fourth-order valence-electron chi connectivity index (χ4n) is 2.71. The van der Waals surface area contributed by atoms with Crippen molar-refractivity contribution in [2.75, 3.05) is 6.54 Å². The van der Waals surface area contributed by atoms with Gasteiger partial charge in [-0.3, -0.25) is 4.79 Å². The van der Waals surface area contributed by atoms with E-state index in [9.17, 15) is 14.3 Å². The van der Waals surface area contributed by atoms with Crippen LogP contribution < -0.4 is 10.9 Å². The lowest BCUT2D eigenvalue weighted by Crippen LogP contribution is -2.28. The number of fused-ring (bicyclic) bond motifs is 1. The Kier molecular flexibility index (Phi) is 5.21. The number of aliphatic hydroxyl groups excluding tert-OH is 1. The third-order valence-corrected chi connectivity index (χ3v) is 4.02. The van der Waals surface area contributed by atoms with Gasteiger partial charge in [-0.15, -0.1) is 0 Å². The number of hydrogen-bond acceptors (Lipinski definition) is 4. The van der Waals surface area contributed by atoms with Crippen LogP contribution in [0, 0.1) is 12.7 Å². The number of rotatable bonds is 6. The minimum absolute atomic E-state index is 0.185. The van der Waals surface area contributed by atoms with E-state index < -0.39 is 6.10 Å². The van der Waals surface area contributed by atoms with E-state index in [1.807, 2.05) is 12.1 Å². The Morgan fingerprint density at radius 2 is 2.04 bits per heavy atom. The van der Waals surface area contributed by atoms with Gasteiger partial charge >= 0.3 is 0 Å². The van der Waals surface area contributed by atoms with Gasteiger partial charge in [-0.25, -0.2) is 9.37 Å². The van der Waals surface area contributed by atoms with E-state index >= 15 is 0 Å². The van der Waals surface area contributed by atoms with Gasteiger partial charge in [0.05, 0.1) is 11.8 Å². The van der Waals surface area contributed by atoms with Crippen LogP contribution in [0.15, 0.2) is 47.3 Å². The van der Waals surface area contributed by atoms with Crippen LogP contribution in [-0.4, -0.2) is 27.7 Å². The first-order valence-corrected chi connectivity index (χ1v) is 8.14. The van der Waals surface area contributed by atoms with Crippen LogP contribution in [0.1, 0.15) is 16.8 Å². The van der Waals surface area contributed by atoms with Gasteiger partial charge in [0, 0.05) is 24.5 Å². The summed E-state index contributed by atoms with van der Waals surface area (Å²) in [5.41, 5.74) is 2.62. The number of aromatic amines is 1. The molecule has 0 amide bonds. The molecule has 5 nitrogen and oxygen atoms in total. The highest BCUT2D eigenvalue weighted by Gasteiger charge is 2.07. The first kappa shape index (κ1) is 17.3. The number of H-pyrrole nitrogens is 1. The van der Waals surface area contributed by atoms with Crippen LogP contribution in [0.3, 0.4) is 0 Å². The molecule has 25 heavy (non-hydrogen) atoms. The summed E-state index contributed by atoms with van der Waals surface area (Å²) < 4.78 is 13.3. The summed E-state index contributed by atoms with van der Waals surface area (Å²) in [5.74, 6) is -0.239. The second-order valence-electron chi connectivity index (χ2n) is 6.14. The fourth-order valence-corrected chi connectivity index (χ4v) is 2.71. The Morgan fingerprint density at radius 1 is 1.24 bits per heavy atom. The summed E-state index contributed by atoms with van der Waals surface area (Å²) in [6, 6.07) is 11.8. The van der Waals surface area contributed by atoms with Crippen LogP contribution in [-0.2, 0) is 13.0 Å². The molecule has 0 radical (unpaired) electrons. The van der Waals surface area contributed by atoms with E-state index in [0.29, 0.717) is 30.7 Å². The summed E-state index contributed by atoms with van der Waals surface area (Å²) in [6.45, 7) is 2.58. The summed E-state index contributed by atoms with van der Waals surface area (Å²) in [6.07, 6.45) is -0.128. The highest BCUT2D eigenvalue weighted by Crippen LogP contribution is 2.11. The van der Waals surface area contributed by atoms with Crippen LogP contribution >= 0.6 is 0 Å². The summed E-state index contributed by atoms with van der Waals surface area (Å²) in [7, 11) is 0. The monoisotopic (exact) mass is 341 g/mol. The zero-order valence-electron chi connectivity index (χ0n) is 13.9. The average Bonchev–Trinajstić information content (AvgIpc) is 2.58. The molecule has 0 fully saturated rings. The van der Waals surface area contributed by atoms with Crippen LogP contribution in [0.2, 0.25) is 0 Å². The minimum Gasteiger partial charge on any atom is -0.391 e. The molecule has 130 valence electrons. The van der Waals surface area contributed by atoms with Gasteiger partial charge in [0.1, 0.15) is 11.5 Å². The third-order valence-electron chi connectivity index (χ3n) is 4.02. The lowest BCUT2D eigenvalue weighted by atomic mass is 10.1. The maximum Gasteiger partial charge on any atom is 0.249 e. The highest BCUT2D eigenvalue weighted by molar-refractivity contribution is 5.74. The van der Waals surface area contributed by atoms with Crippen molar-refractivity contribution in [1.29, 1.82) is 0 Å². The predicted molar refractivity (Wildman–Crippen MR) is 94.9 cm³/mol. The van der Waals surface area contributed by atoms with E-state index in [2.05, 4.69) is 15.3 Å². The highest BCUT2D eigenvalue weighted by atomic mass is 19.1. The number of pyridine rings is 2. The molecule has 0 spiro atoms. The quantitative estimate of drug-likeness (QED) is 0.641. The molecule has 3 rings (SSSR count). The number of aromatic nitrogens is 2. The van der Waals surface area contributed by atoms with E-state index in [4.69, 9.17) is 0 Å². The molecule has 1 atom stereocenters. The second-order valence-corrected chi connectivity index (χ2v) is 6.14. The van der Waals surface area contributed by atoms with Crippen molar-refractivity contribution in [1.82, 2.24) is 15.3 Å². The van der Waals surface area contributed by atoms with Gasteiger partial charge < -0.3 is 15.4 Å². The molecule has 0 aliphatic rings. The molecule has 0 saturated heterocycles. The molecule has 2 heterocycles. The van der Waals surface area contributed by atoms with Crippen molar-refractivity contribution >= 4 is 11.0 Å². The number of benzene rings is 1. The zero-order valence-corrected chi connectivity index (χ0v) is 13.9. The largest absolute Gasteiger partial charge is 0.391 e. The van der Waals surface area contributed by atoms with Gasteiger partial charge in [-0.2, -0.15) is 0 Å². The fraction of sp³-hybridized carbons (Fsp3) is 0.263. The zero-order chi connectivity index (χ0) is 17.8. The van der Waals surface area contributed by atoms with Crippen molar-refractivity contribution in [2.24, 2.45) is 0 Å². The molecule has 3 N–H and O–H groups in total. The molecule has 2 aromatic heterocycles. The number of nitrogens with one attached hydrogen (secondary N) is 2. The first-order chi connectivity index (χ1) is 12.0. The lowest BCUT2D eigenvalue weighted by molar-refractivity contribution is 0.171. The molecule has 3 aromatic rings. The third kappa shape index (κ3) is 4.49. The number of halogens is 1. The van der Waals surface area contributed by atoms with Crippen LogP contribution in [0.4, 0.5) is 4.39 Å². The normalized spacial score (nSPS) is 12.4. The van der Waals surface area contributed by atoms with Crippen molar-refractivity contribution in [2.45, 2.75) is 26.0 Å². The average molecular weight is 341 g/mol. The predicted octanol–water partition coefficient (Wildman–Crippen LogP) is 2.06. The Bertz CT molecular complexity index is 939. The second kappa shape index (κ2) is 7.55. The topological polar surface area (TPSA) is 78.0 Å². The Hall–Kier alpha value is -2.57. The molecule has 1 aromatic carbocycles. The molecule has 0 bridgehead atoms. The molecular weight excluding hydrogens is 321 g/mol. The van der Waals surface area contributed by atoms with Crippen molar-refractivity contribution in [3.8, 4) is 0 Å². The van der Waals surface area contributed by atoms with Crippen LogP contribution in [0.5, 0.6) is 0 Å².